The van der Waals surface area contributed by atoms with E-state index in [2.05, 4.69) is 21.2 Å². The third-order valence-corrected chi connectivity index (χ3v) is 4.18. The van der Waals surface area contributed by atoms with Crippen LogP contribution in [0.1, 0.15) is 36.0 Å². The van der Waals surface area contributed by atoms with Crippen LogP contribution in [0.2, 0.25) is 0 Å². The SMILES string of the molecule is O=C(O)CC1(NC(=O)c2cccc(F)c2Br)CCC1. The second-order valence-electron chi connectivity index (χ2n) is 4.76. The molecule has 1 aliphatic rings. The minimum Gasteiger partial charge on any atom is -0.481 e. The third-order valence-electron chi connectivity index (χ3n) is 3.38. The first-order valence-corrected chi connectivity index (χ1v) is 6.71. The van der Waals surface area contributed by atoms with Crippen LogP contribution in [0.4, 0.5) is 4.39 Å². The summed E-state index contributed by atoms with van der Waals surface area (Å²) in [6.07, 6.45) is 2.06. The first kappa shape index (κ1) is 14.0. The molecule has 0 heterocycles. The van der Waals surface area contributed by atoms with Gasteiger partial charge in [0.25, 0.3) is 5.91 Å². The summed E-state index contributed by atoms with van der Waals surface area (Å²) < 4.78 is 13.5. The van der Waals surface area contributed by atoms with Crippen molar-refractivity contribution in [2.45, 2.75) is 31.2 Å². The van der Waals surface area contributed by atoms with Gasteiger partial charge in [-0.05, 0) is 47.3 Å². The highest BCUT2D eigenvalue weighted by atomic mass is 79.9. The van der Waals surface area contributed by atoms with Crippen LogP contribution in [0.25, 0.3) is 0 Å². The molecule has 6 heteroatoms. The van der Waals surface area contributed by atoms with Gasteiger partial charge >= 0.3 is 5.97 Å². The number of hydrogen-bond donors (Lipinski definition) is 2. The summed E-state index contributed by atoms with van der Waals surface area (Å²) in [4.78, 5) is 22.9. The molecule has 1 amide bonds. The zero-order valence-electron chi connectivity index (χ0n) is 10.1. The molecule has 102 valence electrons. The van der Waals surface area contributed by atoms with Crippen molar-refractivity contribution in [2.24, 2.45) is 0 Å². The monoisotopic (exact) mass is 329 g/mol. The predicted octanol–water partition coefficient (Wildman–Crippen LogP) is 2.72. The Hall–Kier alpha value is -1.43. The average molecular weight is 330 g/mol. The largest absolute Gasteiger partial charge is 0.481 e. The number of carbonyl (C=O) groups is 2. The minimum atomic E-state index is -0.946. The van der Waals surface area contributed by atoms with E-state index in [4.69, 9.17) is 5.11 Å². The van der Waals surface area contributed by atoms with Crippen LogP contribution in [0, 0.1) is 5.82 Å². The van der Waals surface area contributed by atoms with Crippen LogP contribution in [0.5, 0.6) is 0 Å². The van der Waals surface area contributed by atoms with Gasteiger partial charge in [0.2, 0.25) is 0 Å². The Morgan fingerprint density at radius 2 is 2.11 bits per heavy atom. The molecule has 0 aliphatic heterocycles. The molecule has 0 bridgehead atoms. The lowest BCUT2D eigenvalue weighted by Crippen LogP contribution is -2.54. The summed E-state index contributed by atoms with van der Waals surface area (Å²) >= 11 is 3.03. The summed E-state index contributed by atoms with van der Waals surface area (Å²) in [6, 6.07) is 4.19. The predicted molar refractivity (Wildman–Crippen MR) is 70.4 cm³/mol. The number of carbonyl (C=O) groups excluding carboxylic acids is 1. The number of amides is 1. The molecule has 0 spiro atoms. The zero-order chi connectivity index (χ0) is 14.0. The lowest BCUT2D eigenvalue weighted by atomic mass is 9.74. The van der Waals surface area contributed by atoms with Gasteiger partial charge in [-0.15, -0.1) is 0 Å². The Labute approximate surface area is 118 Å². The second-order valence-corrected chi connectivity index (χ2v) is 5.55. The second kappa shape index (κ2) is 5.28. The summed E-state index contributed by atoms with van der Waals surface area (Å²) in [5.41, 5.74) is -0.508. The Balaban J connectivity index is 2.16. The van der Waals surface area contributed by atoms with E-state index in [9.17, 15) is 14.0 Å². The molecule has 4 nitrogen and oxygen atoms in total. The molecule has 0 unspecified atom stereocenters. The molecule has 1 saturated carbocycles. The standard InChI is InChI=1S/C13H13BrFNO3/c14-11-8(3-1-4-9(11)15)12(19)16-13(5-2-6-13)7-10(17)18/h1,3-4H,2,5-7H2,(H,16,19)(H,17,18). The summed E-state index contributed by atoms with van der Waals surface area (Å²) in [5.74, 6) is -1.92. The average Bonchev–Trinajstić information content (AvgIpc) is 2.29. The van der Waals surface area contributed by atoms with E-state index in [1.54, 1.807) is 0 Å². The van der Waals surface area contributed by atoms with Crippen LogP contribution in [0.3, 0.4) is 0 Å². The van der Waals surface area contributed by atoms with E-state index in [0.29, 0.717) is 12.8 Å². The van der Waals surface area contributed by atoms with Crippen LogP contribution >= 0.6 is 15.9 Å². The maximum atomic E-state index is 13.4. The van der Waals surface area contributed by atoms with E-state index in [1.165, 1.54) is 18.2 Å². The molecular formula is C13H13BrFNO3. The first-order valence-electron chi connectivity index (χ1n) is 5.92. The molecule has 1 aromatic carbocycles. The maximum Gasteiger partial charge on any atom is 0.305 e. The smallest absolute Gasteiger partial charge is 0.305 e. The normalized spacial score (nSPS) is 16.5. The van der Waals surface area contributed by atoms with Crippen LogP contribution in [-0.2, 0) is 4.79 Å². The summed E-state index contributed by atoms with van der Waals surface area (Å²) in [6.45, 7) is 0. The highest BCUT2D eigenvalue weighted by Gasteiger charge is 2.40. The molecule has 0 radical (unpaired) electrons. The number of aliphatic carboxylic acids is 1. The molecule has 2 N–H and O–H groups in total. The zero-order valence-corrected chi connectivity index (χ0v) is 11.7. The lowest BCUT2D eigenvalue weighted by molar-refractivity contribution is -0.139. The van der Waals surface area contributed by atoms with Gasteiger partial charge < -0.3 is 10.4 Å². The van der Waals surface area contributed by atoms with E-state index in [-0.39, 0.29) is 16.5 Å². The highest BCUT2D eigenvalue weighted by molar-refractivity contribution is 9.10. The van der Waals surface area contributed by atoms with Gasteiger partial charge in [0.15, 0.2) is 0 Å². The Morgan fingerprint density at radius 1 is 1.42 bits per heavy atom. The van der Waals surface area contributed by atoms with E-state index < -0.39 is 23.2 Å². The van der Waals surface area contributed by atoms with Crippen molar-refractivity contribution >= 4 is 27.8 Å². The molecule has 1 aliphatic carbocycles. The van der Waals surface area contributed by atoms with Crippen LogP contribution < -0.4 is 5.32 Å². The molecule has 0 atom stereocenters. The van der Waals surface area contributed by atoms with E-state index in [0.717, 1.165) is 6.42 Å². The number of carboxylic acid groups (broad SMARTS) is 1. The fraction of sp³-hybridized carbons (Fsp3) is 0.385. The number of rotatable bonds is 4. The van der Waals surface area contributed by atoms with Gasteiger partial charge in [-0.2, -0.15) is 0 Å². The van der Waals surface area contributed by atoms with Crippen molar-refractivity contribution in [1.82, 2.24) is 5.32 Å². The van der Waals surface area contributed by atoms with Crippen molar-refractivity contribution < 1.29 is 19.1 Å². The molecule has 0 aromatic heterocycles. The van der Waals surface area contributed by atoms with Gasteiger partial charge in [-0.3, -0.25) is 9.59 Å². The highest BCUT2D eigenvalue weighted by Crippen LogP contribution is 2.35. The summed E-state index contributed by atoms with van der Waals surface area (Å²) in [7, 11) is 0. The van der Waals surface area contributed by atoms with Gasteiger partial charge in [-0.1, -0.05) is 6.07 Å². The maximum absolute atomic E-state index is 13.4. The van der Waals surface area contributed by atoms with E-state index >= 15 is 0 Å². The molecule has 0 saturated heterocycles. The minimum absolute atomic E-state index is 0.0947. The van der Waals surface area contributed by atoms with Gasteiger partial charge in [-0.25, -0.2) is 4.39 Å². The first-order chi connectivity index (χ1) is 8.93. The third kappa shape index (κ3) is 2.94. The number of carboxylic acids is 1. The quantitative estimate of drug-likeness (QED) is 0.892. The topological polar surface area (TPSA) is 66.4 Å². The summed E-state index contributed by atoms with van der Waals surface area (Å²) in [5, 5.41) is 11.6. The van der Waals surface area contributed by atoms with Crippen molar-refractivity contribution in [1.29, 1.82) is 0 Å². The fourth-order valence-electron chi connectivity index (χ4n) is 2.23. The molecule has 19 heavy (non-hydrogen) atoms. The Morgan fingerprint density at radius 3 is 2.63 bits per heavy atom. The van der Waals surface area contributed by atoms with Crippen LogP contribution in [-0.4, -0.2) is 22.5 Å². The number of hydrogen-bond acceptors (Lipinski definition) is 2. The fourth-order valence-corrected chi connectivity index (χ4v) is 2.67. The molecular weight excluding hydrogens is 317 g/mol. The molecule has 2 rings (SSSR count). The van der Waals surface area contributed by atoms with Gasteiger partial charge in [0, 0.05) is 0 Å². The van der Waals surface area contributed by atoms with Crippen molar-refractivity contribution in [3.05, 3.63) is 34.1 Å². The molecule has 1 aromatic rings. The molecule has 1 fully saturated rings. The van der Waals surface area contributed by atoms with Crippen LogP contribution in [0.15, 0.2) is 22.7 Å². The van der Waals surface area contributed by atoms with Gasteiger partial charge in [0.05, 0.1) is 22.0 Å². The number of nitrogens with one attached hydrogen (secondary N) is 1. The Kier molecular flexibility index (Phi) is 3.89. The van der Waals surface area contributed by atoms with Gasteiger partial charge in [0.1, 0.15) is 5.82 Å². The number of halogens is 2. The van der Waals surface area contributed by atoms with Crippen molar-refractivity contribution in [3.8, 4) is 0 Å². The number of benzene rings is 1. The van der Waals surface area contributed by atoms with Crippen molar-refractivity contribution in [2.75, 3.05) is 0 Å². The lowest BCUT2D eigenvalue weighted by Gasteiger charge is -2.41. The Bertz CT molecular complexity index is 529. The van der Waals surface area contributed by atoms with E-state index in [1.807, 2.05) is 0 Å². The van der Waals surface area contributed by atoms with Crippen molar-refractivity contribution in [3.63, 3.8) is 0 Å².